The minimum Gasteiger partial charge on any atom is -0.356 e. The molecule has 0 fully saturated rings. The van der Waals surface area contributed by atoms with Gasteiger partial charge in [-0.15, -0.1) is 0 Å². The Morgan fingerprint density at radius 2 is 1.44 bits per heavy atom. The lowest BCUT2D eigenvalue weighted by molar-refractivity contribution is -0.121. The normalized spacial score (nSPS) is 11.2. The van der Waals surface area contributed by atoms with Gasteiger partial charge >= 0.3 is 0 Å². The number of benzene rings is 2. The number of carbonyl (C=O) groups excluding carboxylic acids is 1. The molecule has 0 spiro atoms. The molecule has 1 amide bonds. The minimum atomic E-state index is -3.25. The van der Waals surface area contributed by atoms with E-state index in [1.807, 2.05) is 12.1 Å². The van der Waals surface area contributed by atoms with E-state index in [0.29, 0.717) is 18.7 Å². The van der Waals surface area contributed by atoms with Crippen LogP contribution in [0.1, 0.15) is 36.0 Å². The number of rotatable bonds is 10. The summed E-state index contributed by atoms with van der Waals surface area (Å²) >= 11 is 0. The molecule has 2 N–H and O–H groups in total. The number of nitrogens with one attached hydrogen (secondary N) is 2. The maximum atomic E-state index is 11.9. The summed E-state index contributed by atoms with van der Waals surface area (Å²) in [5.41, 5.74) is 4.19. The van der Waals surface area contributed by atoms with Crippen LogP contribution in [0.3, 0.4) is 0 Å². The number of aryl methyl sites for hydroxylation is 3. The number of hydrogen-bond acceptors (Lipinski definition) is 3. The van der Waals surface area contributed by atoms with Crippen LogP contribution < -0.4 is 10.0 Å². The molecule has 0 aliphatic heterocycles. The van der Waals surface area contributed by atoms with Crippen LogP contribution in [0, 0.1) is 6.92 Å². The first-order valence-corrected chi connectivity index (χ1v) is 11.1. The van der Waals surface area contributed by atoms with Crippen molar-refractivity contribution in [2.45, 2.75) is 39.0 Å². The van der Waals surface area contributed by atoms with E-state index in [0.717, 1.165) is 37.5 Å². The fourth-order valence-corrected chi connectivity index (χ4v) is 3.33. The Kier molecular flexibility index (Phi) is 7.85. The highest BCUT2D eigenvalue weighted by Crippen LogP contribution is 2.12. The number of sulfonamides is 1. The molecule has 0 saturated carbocycles. The summed E-state index contributed by atoms with van der Waals surface area (Å²) < 4.78 is 24.8. The first-order chi connectivity index (χ1) is 12.8. The van der Waals surface area contributed by atoms with Gasteiger partial charge in [0.1, 0.15) is 0 Å². The van der Waals surface area contributed by atoms with Crippen molar-refractivity contribution in [3.63, 3.8) is 0 Å². The van der Waals surface area contributed by atoms with E-state index in [1.54, 1.807) is 12.1 Å². The van der Waals surface area contributed by atoms with Crippen molar-refractivity contribution in [2.75, 3.05) is 17.5 Å². The Balaban J connectivity index is 1.60. The SMILES string of the molecule is Cc1ccc(CCCC(=O)NCCCc2ccc(NS(C)(=O)=O)cc2)cc1. The van der Waals surface area contributed by atoms with Crippen molar-refractivity contribution >= 4 is 21.6 Å². The van der Waals surface area contributed by atoms with Gasteiger partial charge in [0.15, 0.2) is 0 Å². The largest absolute Gasteiger partial charge is 0.356 e. The molecule has 146 valence electrons. The number of anilines is 1. The van der Waals surface area contributed by atoms with Crippen molar-refractivity contribution in [3.05, 3.63) is 65.2 Å². The van der Waals surface area contributed by atoms with Gasteiger partial charge < -0.3 is 5.32 Å². The quantitative estimate of drug-likeness (QED) is 0.612. The van der Waals surface area contributed by atoms with E-state index in [1.165, 1.54) is 11.1 Å². The standard InChI is InChI=1S/C21H28N2O3S/c1-17-8-10-18(11-9-17)5-3-7-21(24)22-16-4-6-19-12-14-20(15-13-19)23-27(2,25)26/h8-15,23H,3-7,16H2,1-2H3,(H,22,24). The van der Waals surface area contributed by atoms with Gasteiger partial charge in [0, 0.05) is 18.7 Å². The van der Waals surface area contributed by atoms with E-state index in [4.69, 9.17) is 0 Å². The molecule has 0 bridgehead atoms. The maximum Gasteiger partial charge on any atom is 0.229 e. The highest BCUT2D eigenvalue weighted by molar-refractivity contribution is 7.92. The third-order valence-electron chi connectivity index (χ3n) is 4.21. The zero-order valence-electron chi connectivity index (χ0n) is 16.0. The van der Waals surface area contributed by atoms with Crippen LogP contribution in [0.15, 0.2) is 48.5 Å². The lowest BCUT2D eigenvalue weighted by Gasteiger charge is -2.07. The first kappa shape index (κ1) is 21.0. The molecule has 0 radical (unpaired) electrons. The lowest BCUT2D eigenvalue weighted by atomic mass is 10.1. The number of carbonyl (C=O) groups is 1. The summed E-state index contributed by atoms with van der Waals surface area (Å²) in [4.78, 5) is 11.9. The lowest BCUT2D eigenvalue weighted by Crippen LogP contribution is -2.24. The molecule has 0 heterocycles. The Hall–Kier alpha value is -2.34. The first-order valence-electron chi connectivity index (χ1n) is 9.21. The zero-order chi connectivity index (χ0) is 19.7. The molecule has 0 saturated heterocycles. The van der Waals surface area contributed by atoms with E-state index < -0.39 is 10.0 Å². The minimum absolute atomic E-state index is 0.0924. The second-order valence-corrected chi connectivity index (χ2v) is 8.61. The van der Waals surface area contributed by atoms with Crippen LogP contribution in [0.4, 0.5) is 5.69 Å². The fourth-order valence-electron chi connectivity index (χ4n) is 2.77. The summed E-state index contributed by atoms with van der Waals surface area (Å²) in [7, 11) is -3.25. The van der Waals surface area contributed by atoms with Crippen molar-refractivity contribution in [1.82, 2.24) is 5.32 Å². The van der Waals surface area contributed by atoms with E-state index in [9.17, 15) is 13.2 Å². The van der Waals surface area contributed by atoms with Crippen LogP contribution in [-0.2, 0) is 27.7 Å². The molecule has 0 unspecified atom stereocenters. The van der Waals surface area contributed by atoms with E-state index in [-0.39, 0.29) is 5.91 Å². The molecule has 2 aromatic carbocycles. The molecular formula is C21H28N2O3S. The summed E-state index contributed by atoms with van der Waals surface area (Å²) in [6.07, 6.45) is 5.13. The highest BCUT2D eigenvalue weighted by Gasteiger charge is 2.03. The van der Waals surface area contributed by atoms with E-state index >= 15 is 0 Å². The van der Waals surface area contributed by atoms with Gasteiger partial charge in [0.05, 0.1) is 6.26 Å². The fraction of sp³-hybridized carbons (Fsp3) is 0.381. The zero-order valence-corrected chi connectivity index (χ0v) is 16.8. The molecule has 27 heavy (non-hydrogen) atoms. The Morgan fingerprint density at radius 1 is 0.889 bits per heavy atom. The molecule has 0 aliphatic rings. The smallest absolute Gasteiger partial charge is 0.229 e. The molecular weight excluding hydrogens is 360 g/mol. The van der Waals surface area contributed by atoms with Crippen molar-refractivity contribution in [3.8, 4) is 0 Å². The highest BCUT2D eigenvalue weighted by atomic mass is 32.2. The predicted octanol–water partition coefficient (Wildman–Crippen LogP) is 3.44. The van der Waals surface area contributed by atoms with Gasteiger partial charge in [-0.1, -0.05) is 42.0 Å². The number of hydrogen-bond donors (Lipinski definition) is 2. The van der Waals surface area contributed by atoms with Gasteiger partial charge in [-0.25, -0.2) is 8.42 Å². The molecule has 0 aromatic heterocycles. The third kappa shape index (κ3) is 8.73. The molecule has 0 aliphatic carbocycles. The second-order valence-electron chi connectivity index (χ2n) is 6.86. The Morgan fingerprint density at radius 3 is 2.04 bits per heavy atom. The maximum absolute atomic E-state index is 11.9. The van der Waals surface area contributed by atoms with Crippen LogP contribution >= 0.6 is 0 Å². The van der Waals surface area contributed by atoms with Gasteiger partial charge in [-0.3, -0.25) is 9.52 Å². The van der Waals surface area contributed by atoms with Gasteiger partial charge in [-0.05, 0) is 55.9 Å². The van der Waals surface area contributed by atoms with Gasteiger partial charge in [0.2, 0.25) is 15.9 Å². The molecule has 6 heteroatoms. The average molecular weight is 389 g/mol. The van der Waals surface area contributed by atoms with Crippen LogP contribution in [0.25, 0.3) is 0 Å². The van der Waals surface area contributed by atoms with Crippen molar-refractivity contribution in [2.24, 2.45) is 0 Å². The monoisotopic (exact) mass is 388 g/mol. The van der Waals surface area contributed by atoms with Gasteiger partial charge in [-0.2, -0.15) is 0 Å². The van der Waals surface area contributed by atoms with Crippen LogP contribution in [0.5, 0.6) is 0 Å². The van der Waals surface area contributed by atoms with E-state index in [2.05, 4.69) is 41.2 Å². The summed E-state index contributed by atoms with van der Waals surface area (Å²) in [6, 6.07) is 15.7. The Labute approximate surface area is 162 Å². The third-order valence-corrected chi connectivity index (χ3v) is 4.82. The van der Waals surface area contributed by atoms with Crippen LogP contribution in [0.2, 0.25) is 0 Å². The van der Waals surface area contributed by atoms with Crippen molar-refractivity contribution in [1.29, 1.82) is 0 Å². The molecule has 2 aromatic rings. The molecule has 0 atom stereocenters. The summed E-state index contributed by atoms with van der Waals surface area (Å²) in [6.45, 7) is 2.71. The molecule has 2 rings (SSSR count). The second kappa shape index (κ2) is 10.1. The van der Waals surface area contributed by atoms with Gasteiger partial charge in [0.25, 0.3) is 0 Å². The molecule has 5 nitrogen and oxygen atoms in total. The summed E-state index contributed by atoms with van der Waals surface area (Å²) in [5.74, 6) is 0.0924. The predicted molar refractivity (Wildman–Crippen MR) is 110 cm³/mol. The average Bonchev–Trinajstić information content (AvgIpc) is 2.60. The topological polar surface area (TPSA) is 75.3 Å². The van der Waals surface area contributed by atoms with Crippen molar-refractivity contribution < 1.29 is 13.2 Å². The van der Waals surface area contributed by atoms with Crippen LogP contribution in [-0.4, -0.2) is 27.1 Å². The summed E-state index contributed by atoms with van der Waals surface area (Å²) in [5, 5.41) is 2.96. The number of amides is 1. The Bertz CT molecular complexity index is 829.